The summed E-state index contributed by atoms with van der Waals surface area (Å²) in [6, 6.07) is 7.40. The van der Waals surface area contributed by atoms with Gasteiger partial charge in [-0.15, -0.1) is 11.3 Å². The average Bonchev–Trinajstić information content (AvgIpc) is 2.70. The van der Waals surface area contributed by atoms with Crippen molar-refractivity contribution in [1.82, 2.24) is 0 Å². The van der Waals surface area contributed by atoms with E-state index < -0.39 is 0 Å². The smallest absolute Gasteiger partial charge is 0.348 e. The molecular formula is C11H10O3S. The van der Waals surface area contributed by atoms with E-state index in [-0.39, 0.29) is 12.6 Å². The van der Waals surface area contributed by atoms with E-state index in [9.17, 15) is 4.79 Å². The highest BCUT2D eigenvalue weighted by Gasteiger charge is 2.09. The number of benzene rings is 1. The second-order valence-corrected chi connectivity index (χ2v) is 4.22. The van der Waals surface area contributed by atoms with E-state index in [0.29, 0.717) is 4.88 Å². The molecule has 4 heteroatoms. The number of rotatable bonds is 2. The molecule has 0 saturated heterocycles. The standard InChI is InChI=1S/C11H10O3S/c1-14-11(13)10-5-8-4-7(6-12)2-3-9(8)15-10/h2-5,12H,6H2,1H3. The molecule has 0 bridgehead atoms. The summed E-state index contributed by atoms with van der Waals surface area (Å²) in [5.74, 6) is -0.318. The summed E-state index contributed by atoms with van der Waals surface area (Å²) < 4.78 is 5.67. The number of aliphatic hydroxyl groups excluding tert-OH is 1. The van der Waals surface area contributed by atoms with Crippen molar-refractivity contribution in [2.45, 2.75) is 6.61 Å². The minimum Gasteiger partial charge on any atom is -0.465 e. The van der Waals surface area contributed by atoms with Crippen LogP contribution in [0.25, 0.3) is 10.1 Å². The molecule has 0 saturated carbocycles. The molecule has 0 unspecified atom stereocenters. The molecule has 78 valence electrons. The second-order valence-electron chi connectivity index (χ2n) is 3.13. The van der Waals surface area contributed by atoms with E-state index in [1.807, 2.05) is 18.2 Å². The minimum absolute atomic E-state index is 0.0132. The Labute approximate surface area is 90.9 Å². The number of thiophene rings is 1. The molecule has 0 aliphatic rings. The molecule has 0 spiro atoms. The van der Waals surface area contributed by atoms with Crippen molar-refractivity contribution in [2.75, 3.05) is 7.11 Å². The molecule has 0 fully saturated rings. The number of carbonyl (C=O) groups is 1. The summed E-state index contributed by atoms with van der Waals surface area (Å²) >= 11 is 1.39. The molecule has 0 atom stereocenters. The van der Waals surface area contributed by atoms with E-state index in [1.165, 1.54) is 18.4 Å². The number of ether oxygens (including phenoxy) is 1. The monoisotopic (exact) mass is 222 g/mol. The highest BCUT2D eigenvalue weighted by Crippen LogP contribution is 2.26. The highest BCUT2D eigenvalue weighted by molar-refractivity contribution is 7.20. The van der Waals surface area contributed by atoms with Crippen LogP contribution in [0.5, 0.6) is 0 Å². The van der Waals surface area contributed by atoms with Crippen molar-refractivity contribution < 1.29 is 14.6 Å². The number of aliphatic hydroxyl groups is 1. The Bertz CT molecular complexity index is 502. The van der Waals surface area contributed by atoms with Gasteiger partial charge in [-0.1, -0.05) is 6.07 Å². The SMILES string of the molecule is COC(=O)c1cc2cc(CO)ccc2s1. The zero-order valence-corrected chi connectivity index (χ0v) is 9.00. The molecule has 15 heavy (non-hydrogen) atoms. The zero-order valence-electron chi connectivity index (χ0n) is 8.19. The molecule has 1 aromatic carbocycles. The fraction of sp³-hybridized carbons (Fsp3) is 0.182. The first-order valence-electron chi connectivity index (χ1n) is 4.46. The van der Waals surface area contributed by atoms with Crippen molar-refractivity contribution in [1.29, 1.82) is 0 Å². The first-order chi connectivity index (χ1) is 7.24. The maximum absolute atomic E-state index is 11.3. The van der Waals surface area contributed by atoms with Crippen LogP contribution in [0.3, 0.4) is 0 Å². The average molecular weight is 222 g/mol. The Balaban J connectivity index is 2.51. The van der Waals surface area contributed by atoms with Crippen LogP contribution in [0, 0.1) is 0 Å². The summed E-state index contributed by atoms with van der Waals surface area (Å²) in [5.41, 5.74) is 0.844. The van der Waals surface area contributed by atoms with E-state index in [0.717, 1.165) is 15.6 Å². The Kier molecular flexibility index (Phi) is 2.70. The van der Waals surface area contributed by atoms with Gasteiger partial charge < -0.3 is 9.84 Å². The van der Waals surface area contributed by atoms with Crippen molar-refractivity contribution in [3.63, 3.8) is 0 Å². The zero-order chi connectivity index (χ0) is 10.8. The molecule has 1 aromatic heterocycles. The van der Waals surface area contributed by atoms with E-state index in [2.05, 4.69) is 4.74 Å². The Morgan fingerprint density at radius 1 is 1.47 bits per heavy atom. The largest absolute Gasteiger partial charge is 0.465 e. The number of esters is 1. The van der Waals surface area contributed by atoms with Crippen LogP contribution in [0.2, 0.25) is 0 Å². The van der Waals surface area contributed by atoms with Crippen LogP contribution in [0.1, 0.15) is 15.2 Å². The highest BCUT2D eigenvalue weighted by atomic mass is 32.1. The fourth-order valence-electron chi connectivity index (χ4n) is 1.39. The molecule has 1 N–H and O–H groups in total. The van der Waals surface area contributed by atoms with Gasteiger partial charge in [-0.05, 0) is 29.1 Å². The van der Waals surface area contributed by atoms with Crippen molar-refractivity contribution >= 4 is 27.4 Å². The minimum atomic E-state index is -0.318. The Hall–Kier alpha value is -1.39. The van der Waals surface area contributed by atoms with E-state index in [4.69, 9.17) is 5.11 Å². The lowest BCUT2D eigenvalue weighted by Crippen LogP contribution is -1.96. The van der Waals surface area contributed by atoms with Crippen LogP contribution in [0.15, 0.2) is 24.3 Å². The van der Waals surface area contributed by atoms with Crippen molar-refractivity contribution in [3.05, 3.63) is 34.7 Å². The maximum Gasteiger partial charge on any atom is 0.348 e. The van der Waals surface area contributed by atoms with Gasteiger partial charge in [-0.3, -0.25) is 0 Å². The first kappa shape index (κ1) is 10.1. The molecule has 0 aliphatic carbocycles. The lowest BCUT2D eigenvalue weighted by molar-refractivity contribution is 0.0606. The molecule has 2 rings (SSSR count). The van der Waals surface area contributed by atoms with Gasteiger partial charge in [0.2, 0.25) is 0 Å². The van der Waals surface area contributed by atoms with Gasteiger partial charge in [0, 0.05) is 4.70 Å². The normalized spacial score (nSPS) is 10.5. The molecule has 0 amide bonds. The molecule has 0 radical (unpaired) electrons. The van der Waals surface area contributed by atoms with Crippen molar-refractivity contribution in [2.24, 2.45) is 0 Å². The summed E-state index contributed by atoms with van der Waals surface area (Å²) in [7, 11) is 1.37. The number of hydrogen-bond donors (Lipinski definition) is 1. The third-order valence-corrected chi connectivity index (χ3v) is 3.25. The van der Waals surface area contributed by atoms with Crippen LogP contribution in [-0.2, 0) is 11.3 Å². The van der Waals surface area contributed by atoms with Crippen molar-refractivity contribution in [3.8, 4) is 0 Å². The van der Waals surface area contributed by atoms with Gasteiger partial charge in [0.15, 0.2) is 0 Å². The predicted octanol–water partition coefficient (Wildman–Crippen LogP) is 2.18. The van der Waals surface area contributed by atoms with Gasteiger partial charge in [-0.2, -0.15) is 0 Å². The summed E-state index contributed by atoms with van der Waals surface area (Å²) in [4.78, 5) is 11.9. The van der Waals surface area contributed by atoms with Gasteiger partial charge in [-0.25, -0.2) is 4.79 Å². The van der Waals surface area contributed by atoms with Gasteiger partial charge >= 0.3 is 5.97 Å². The van der Waals surface area contributed by atoms with Crippen LogP contribution < -0.4 is 0 Å². The Morgan fingerprint density at radius 3 is 2.93 bits per heavy atom. The molecule has 2 aromatic rings. The quantitative estimate of drug-likeness (QED) is 0.792. The number of carbonyl (C=O) groups excluding carboxylic acids is 1. The van der Waals surface area contributed by atoms with Gasteiger partial charge in [0.1, 0.15) is 4.88 Å². The fourth-order valence-corrected chi connectivity index (χ4v) is 2.35. The third-order valence-electron chi connectivity index (χ3n) is 2.15. The summed E-state index contributed by atoms with van der Waals surface area (Å²) in [6.45, 7) is 0.0132. The summed E-state index contributed by atoms with van der Waals surface area (Å²) in [5, 5.41) is 9.94. The van der Waals surface area contributed by atoms with Crippen LogP contribution >= 0.6 is 11.3 Å². The maximum atomic E-state index is 11.3. The molecule has 3 nitrogen and oxygen atoms in total. The number of fused-ring (bicyclic) bond motifs is 1. The molecule has 1 heterocycles. The number of hydrogen-bond acceptors (Lipinski definition) is 4. The predicted molar refractivity (Wildman–Crippen MR) is 59.1 cm³/mol. The topological polar surface area (TPSA) is 46.5 Å². The van der Waals surface area contributed by atoms with E-state index in [1.54, 1.807) is 6.07 Å². The Morgan fingerprint density at radius 2 is 2.27 bits per heavy atom. The molecule has 0 aliphatic heterocycles. The number of methoxy groups -OCH3 is 1. The third kappa shape index (κ3) is 1.86. The van der Waals surface area contributed by atoms with Gasteiger partial charge in [0.05, 0.1) is 13.7 Å². The summed E-state index contributed by atoms with van der Waals surface area (Å²) in [6.07, 6.45) is 0. The molecular weight excluding hydrogens is 212 g/mol. The van der Waals surface area contributed by atoms with Crippen LogP contribution in [-0.4, -0.2) is 18.2 Å². The van der Waals surface area contributed by atoms with Gasteiger partial charge in [0.25, 0.3) is 0 Å². The second kappa shape index (κ2) is 4.00. The lowest BCUT2D eigenvalue weighted by Gasteiger charge is -1.93. The van der Waals surface area contributed by atoms with Crippen LogP contribution in [0.4, 0.5) is 0 Å². The lowest BCUT2D eigenvalue weighted by atomic mass is 10.2. The first-order valence-corrected chi connectivity index (χ1v) is 5.28. The van der Waals surface area contributed by atoms with E-state index >= 15 is 0 Å².